The fourth-order valence-electron chi connectivity index (χ4n) is 3.63. The van der Waals surface area contributed by atoms with Crippen LogP contribution in [0.5, 0.6) is 0 Å². The summed E-state index contributed by atoms with van der Waals surface area (Å²) < 4.78 is 34.5. The van der Waals surface area contributed by atoms with E-state index >= 15 is 0 Å². The molecule has 2 unspecified atom stereocenters. The minimum atomic E-state index is -0.656. The maximum absolute atomic E-state index is 6.29. The van der Waals surface area contributed by atoms with Crippen molar-refractivity contribution in [1.82, 2.24) is 4.98 Å². The van der Waals surface area contributed by atoms with Crippen LogP contribution in [0, 0.1) is 0 Å². The van der Waals surface area contributed by atoms with E-state index in [-0.39, 0.29) is 40.6 Å². The van der Waals surface area contributed by atoms with Crippen molar-refractivity contribution in [2.24, 2.45) is 0 Å². The molecule has 0 amide bonds. The SMILES string of the molecule is C=CPOCc1nc([C@H]2OC(=C)C[C@@H](C[C@H]3CC(=C)C[C@H](CCOB=[PH]=S)O3)O2)co1. The van der Waals surface area contributed by atoms with Crippen molar-refractivity contribution in [1.29, 1.82) is 0 Å². The number of hydrogen-bond acceptors (Lipinski definition) is 8. The molecule has 7 nitrogen and oxygen atoms in total. The first-order chi connectivity index (χ1) is 15.1. The summed E-state index contributed by atoms with van der Waals surface area (Å²) in [5.41, 5.74) is 1.76. The van der Waals surface area contributed by atoms with Gasteiger partial charge in [-0.1, -0.05) is 6.58 Å². The van der Waals surface area contributed by atoms with Crippen molar-refractivity contribution < 1.29 is 27.8 Å². The maximum atomic E-state index is 6.29. The summed E-state index contributed by atoms with van der Waals surface area (Å²) in [7, 11) is 0.197. The van der Waals surface area contributed by atoms with Gasteiger partial charge in [0.05, 0.1) is 0 Å². The van der Waals surface area contributed by atoms with Gasteiger partial charge in [0.1, 0.15) is 6.61 Å². The van der Waals surface area contributed by atoms with Gasteiger partial charge in [0.2, 0.25) is 5.89 Å². The molecule has 2 saturated heterocycles. The van der Waals surface area contributed by atoms with Crippen molar-refractivity contribution >= 4 is 34.3 Å². The molecule has 0 bridgehead atoms. The Morgan fingerprint density at radius 1 is 1.23 bits per heavy atom. The average molecular weight is 483 g/mol. The number of oxazole rings is 1. The molecular formula is C20H28BNO6P2S. The van der Waals surface area contributed by atoms with E-state index in [1.54, 1.807) is 12.6 Å². The monoisotopic (exact) mass is 483 g/mol. The summed E-state index contributed by atoms with van der Waals surface area (Å²) in [5.74, 6) is 2.83. The Bertz CT molecular complexity index is 830. The summed E-state index contributed by atoms with van der Waals surface area (Å²) >= 11 is 4.88. The van der Waals surface area contributed by atoms with E-state index in [9.17, 15) is 0 Å². The van der Waals surface area contributed by atoms with Crippen LogP contribution in [0.3, 0.4) is 0 Å². The minimum absolute atomic E-state index is 0.0359. The minimum Gasteiger partial charge on any atom is -0.446 e. The van der Waals surface area contributed by atoms with E-state index in [1.807, 2.05) is 0 Å². The van der Waals surface area contributed by atoms with Gasteiger partial charge in [-0.15, -0.1) is 0 Å². The van der Waals surface area contributed by atoms with Gasteiger partial charge in [-0.25, -0.2) is 0 Å². The normalized spacial score (nSPS) is 26.8. The van der Waals surface area contributed by atoms with Gasteiger partial charge < -0.3 is 8.94 Å². The molecule has 0 aliphatic carbocycles. The van der Waals surface area contributed by atoms with E-state index in [2.05, 4.69) is 24.7 Å². The van der Waals surface area contributed by atoms with Crippen LogP contribution in [0.4, 0.5) is 0 Å². The molecule has 2 fully saturated rings. The average Bonchev–Trinajstić information content (AvgIpc) is 3.20. The van der Waals surface area contributed by atoms with E-state index < -0.39 is 6.29 Å². The van der Waals surface area contributed by atoms with Gasteiger partial charge in [-0.3, -0.25) is 0 Å². The van der Waals surface area contributed by atoms with Crippen molar-refractivity contribution in [2.45, 2.75) is 63.3 Å². The summed E-state index contributed by atoms with van der Waals surface area (Å²) in [6.07, 6.45) is 4.75. The number of rotatable bonds is 11. The molecule has 2 aliphatic rings. The van der Waals surface area contributed by atoms with Crippen LogP contribution in [0.25, 0.3) is 0 Å². The Hall–Kier alpha value is -0.915. The Balaban J connectivity index is 1.53. The molecule has 0 saturated carbocycles. The molecule has 31 heavy (non-hydrogen) atoms. The molecule has 0 radical (unpaired) electrons. The van der Waals surface area contributed by atoms with Crippen LogP contribution in [0.15, 0.2) is 47.6 Å². The summed E-state index contributed by atoms with van der Waals surface area (Å²) in [5, 5.41) is 0. The molecule has 168 valence electrons. The van der Waals surface area contributed by atoms with Gasteiger partial charge in [-0.05, 0) is 5.82 Å². The summed E-state index contributed by atoms with van der Waals surface area (Å²) in [4.78, 5) is 4.41. The second-order valence-electron chi connectivity index (χ2n) is 7.40. The Labute approximate surface area is 191 Å². The second-order valence-corrected chi connectivity index (χ2v) is 9.51. The van der Waals surface area contributed by atoms with Gasteiger partial charge in [0, 0.05) is 8.81 Å². The Kier molecular flexibility index (Phi) is 10.3. The smallest absolute Gasteiger partial charge is 0.446 e. The fraction of sp³-hybridized carbons (Fsp3) is 0.550. The van der Waals surface area contributed by atoms with Crippen LogP contribution in [0.2, 0.25) is 0 Å². The predicted molar refractivity (Wildman–Crippen MR) is 126 cm³/mol. The molecule has 2 aliphatic heterocycles. The summed E-state index contributed by atoms with van der Waals surface area (Å²) in [6, 6.07) is 0. The van der Waals surface area contributed by atoms with E-state index in [1.165, 1.54) is 11.8 Å². The topological polar surface area (TPSA) is 72.2 Å². The molecule has 0 spiro atoms. The van der Waals surface area contributed by atoms with Crippen LogP contribution in [-0.4, -0.2) is 36.7 Å². The fourth-order valence-corrected chi connectivity index (χ4v) is 4.34. The zero-order valence-corrected chi connectivity index (χ0v) is 20.2. The van der Waals surface area contributed by atoms with Gasteiger partial charge in [-0.2, -0.15) is 0 Å². The second kappa shape index (κ2) is 13.0. The molecular weight excluding hydrogens is 455 g/mol. The standard InChI is InChI=1S/C20H28BNO6P2S/c1-4-29-25-12-19-22-18(11-23-19)20-26-14(3)9-17(28-20)10-16-8-13(2)7-15(27-16)5-6-24-21-30-31/h4,11,15-17,20,29-30H,1-3,5-10,12H2/t15-,16+,17-,20-/m0/s1. The third kappa shape index (κ3) is 8.18. The molecule has 3 heterocycles. The van der Waals surface area contributed by atoms with Gasteiger partial charge >= 0.3 is 149 Å². The van der Waals surface area contributed by atoms with Crippen LogP contribution in [-0.2, 0) is 41.8 Å². The predicted octanol–water partition coefficient (Wildman–Crippen LogP) is 4.82. The molecule has 1 aromatic heterocycles. The van der Waals surface area contributed by atoms with E-state index in [4.69, 9.17) is 39.6 Å². The first-order valence-corrected chi connectivity index (χ1v) is 13.3. The Morgan fingerprint density at radius 3 is 2.84 bits per heavy atom. The van der Waals surface area contributed by atoms with Crippen molar-refractivity contribution in [2.75, 3.05) is 6.61 Å². The van der Waals surface area contributed by atoms with Crippen LogP contribution >= 0.6 is 15.7 Å². The quantitative estimate of drug-likeness (QED) is 0.192. The van der Waals surface area contributed by atoms with E-state index in [0.29, 0.717) is 30.4 Å². The summed E-state index contributed by atoms with van der Waals surface area (Å²) in [6.45, 7) is 14.7. The van der Waals surface area contributed by atoms with Gasteiger partial charge in [0.25, 0.3) is 0 Å². The van der Waals surface area contributed by atoms with Crippen molar-refractivity contribution in [3.63, 3.8) is 0 Å². The van der Waals surface area contributed by atoms with E-state index in [0.717, 1.165) is 25.7 Å². The first-order valence-electron chi connectivity index (χ1n) is 10.1. The first kappa shape index (κ1) is 24.7. The molecule has 6 atom stereocenters. The molecule has 0 N–H and O–H groups in total. The molecule has 3 rings (SSSR count). The third-order valence-electron chi connectivity index (χ3n) is 4.85. The number of ether oxygens (including phenoxy) is 3. The molecule has 11 heteroatoms. The molecule has 1 aromatic rings. The number of nitrogens with zero attached hydrogens (tertiary/aromatic N) is 1. The number of aromatic nitrogens is 1. The number of hydrogen-bond donors (Lipinski definition) is 0. The zero-order valence-electron chi connectivity index (χ0n) is 17.4. The Morgan fingerprint density at radius 2 is 2.03 bits per heavy atom. The van der Waals surface area contributed by atoms with Crippen LogP contribution in [0.1, 0.15) is 50.0 Å². The molecule has 0 aromatic carbocycles. The zero-order chi connectivity index (χ0) is 22.1. The van der Waals surface area contributed by atoms with Gasteiger partial charge in [0.15, 0.2) is 0 Å². The van der Waals surface area contributed by atoms with Crippen molar-refractivity contribution in [3.05, 3.63) is 54.7 Å². The van der Waals surface area contributed by atoms with Crippen LogP contribution < -0.4 is 0 Å². The third-order valence-corrected chi connectivity index (χ3v) is 5.88. The van der Waals surface area contributed by atoms with Crippen molar-refractivity contribution in [3.8, 4) is 0 Å².